The molecule has 7 nitrogen and oxygen atoms in total. The number of aromatic nitrogens is 5. The molecule has 9 heteroatoms. The minimum Gasteiger partial charge on any atom is -0.259 e. The number of fused-ring (bicyclic) bond motifs is 1. The summed E-state index contributed by atoms with van der Waals surface area (Å²) in [6, 6.07) is 16.4. The van der Waals surface area contributed by atoms with E-state index in [0.29, 0.717) is 34.2 Å². The number of hydrogen-bond donors (Lipinski definition) is 1. The first-order chi connectivity index (χ1) is 14.7. The maximum atomic E-state index is 13.8. The zero-order valence-corrected chi connectivity index (χ0v) is 17.2. The van der Waals surface area contributed by atoms with Crippen molar-refractivity contribution in [3.8, 4) is 0 Å². The first-order valence-electron chi connectivity index (χ1n) is 9.56. The lowest BCUT2D eigenvalue weighted by molar-refractivity contribution is 0.626. The number of hydrazone groups is 1. The van der Waals surface area contributed by atoms with Gasteiger partial charge in [0.05, 0.1) is 12.8 Å². The summed E-state index contributed by atoms with van der Waals surface area (Å²) in [4.78, 5) is 9.18. The molecular weight excluding hydrogens is 401 g/mol. The van der Waals surface area contributed by atoms with Gasteiger partial charge in [0.25, 0.3) is 0 Å². The highest BCUT2D eigenvalue weighted by Gasteiger charge is 2.15. The highest BCUT2D eigenvalue weighted by molar-refractivity contribution is 7.99. The molecule has 2 aromatic heterocycles. The van der Waals surface area contributed by atoms with E-state index in [1.807, 2.05) is 30.3 Å². The quantitative estimate of drug-likeness (QED) is 0.197. The van der Waals surface area contributed by atoms with Crippen molar-refractivity contribution < 1.29 is 4.39 Å². The van der Waals surface area contributed by atoms with Crippen molar-refractivity contribution in [1.82, 2.24) is 25.0 Å². The van der Waals surface area contributed by atoms with Gasteiger partial charge in [-0.15, -0.1) is 5.10 Å². The number of halogens is 1. The summed E-state index contributed by atoms with van der Waals surface area (Å²) in [6.07, 6.45) is 2.41. The summed E-state index contributed by atoms with van der Waals surface area (Å²) in [6.45, 7) is 2.65. The third-order valence-corrected chi connectivity index (χ3v) is 5.29. The summed E-state index contributed by atoms with van der Waals surface area (Å²) < 4.78 is 15.6. The second-order valence-electron chi connectivity index (χ2n) is 6.50. The van der Waals surface area contributed by atoms with Gasteiger partial charge in [0.2, 0.25) is 0 Å². The molecular formula is C21H20FN7S. The Morgan fingerprint density at radius 1 is 1.10 bits per heavy atom. The lowest BCUT2D eigenvalue weighted by Crippen LogP contribution is -2.04. The van der Waals surface area contributed by atoms with E-state index in [1.165, 1.54) is 12.3 Å². The maximum Gasteiger partial charge on any atom is 0.191 e. The number of hydrogen-bond acceptors (Lipinski definition) is 7. The SMILES string of the molecule is CCCSc1nc(N/N=C/c2ccccc2F)c2nnn(Cc3ccccc3)c2n1. The number of benzene rings is 2. The van der Waals surface area contributed by atoms with E-state index in [9.17, 15) is 4.39 Å². The molecule has 2 heterocycles. The molecule has 0 atom stereocenters. The zero-order valence-electron chi connectivity index (χ0n) is 16.4. The molecule has 0 radical (unpaired) electrons. The van der Waals surface area contributed by atoms with Gasteiger partial charge in [-0.3, -0.25) is 5.43 Å². The fraction of sp³-hybridized carbons (Fsp3) is 0.190. The second kappa shape index (κ2) is 9.45. The van der Waals surface area contributed by atoms with Crippen LogP contribution in [0.3, 0.4) is 0 Å². The minimum absolute atomic E-state index is 0.344. The van der Waals surface area contributed by atoms with E-state index >= 15 is 0 Å². The first kappa shape index (κ1) is 20.0. The Labute approximate surface area is 177 Å². The molecule has 0 saturated carbocycles. The van der Waals surface area contributed by atoms with Crippen molar-refractivity contribution in [3.05, 3.63) is 71.5 Å². The molecule has 2 aromatic carbocycles. The van der Waals surface area contributed by atoms with Gasteiger partial charge in [0.15, 0.2) is 22.1 Å². The largest absolute Gasteiger partial charge is 0.259 e. The van der Waals surface area contributed by atoms with E-state index in [4.69, 9.17) is 0 Å². The number of thioether (sulfide) groups is 1. The van der Waals surface area contributed by atoms with E-state index in [0.717, 1.165) is 17.7 Å². The summed E-state index contributed by atoms with van der Waals surface area (Å²) in [5, 5.41) is 13.3. The van der Waals surface area contributed by atoms with Gasteiger partial charge in [-0.25, -0.2) is 19.0 Å². The van der Waals surface area contributed by atoms with Crippen LogP contribution in [0.5, 0.6) is 0 Å². The Hall–Kier alpha value is -3.33. The Kier molecular flexibility index (Phi) is 6.29. The monoisotopic (exact) mass is 421 g/mol. The molecule has 4 aromatic rings. The fourth-order valence-electron chi connectivity index (χ4n) is 2.78. The van der Waals surface area contributed by atoms with Gasteiger partial charge in [-0.05, 0) is 18.1 Å². The molecule has 152 valence electrons. The lowest BCUT2D eigenvalue weighted by Gasteiger charge is -2.06. The van der Waals surface area contributed by atoms with Crippen LogP contribution in [0, 0.1) is 5.82 Å². The summed E-state index contributed by atoms with van der Waals surface area (Å²) in [5.41, 5.74) is 5.49. The lowest BCUT2D eigenvalue weighted by atomic mass is 10.2. The average molecular weight is 422 g/mol. The molecule has 0 bridgehead atoms. The van der Waals surface area contributed by atoms with Crippen molar-refractivity contribution in [1.29, 1.82) is 0 Å². The van der Waals surface area contributed by atoms with E-state index in [1.54, 1.807) is 34.6 Å². The molecule has 0 aliphatic rings. The molecule has 1 N–H and O–H groups in total. The molecule has 4 rings (SSSR count). The van der Waals surface area contributed by atoms with E-state index in [-0.39, 0.29) is 5.82 Å². The van der Waals surface area contributed by atoms with Crippen LogP contribution in [0.1, 0.15) is 24.5 Å². The molecule has 0 aliphatic carbocycles. The van der Waals surface area contributed by atoms with Crippen LogP contribution in [0.4, 0.5) is 10.2 Å². The Morgan fingerprint density at radius 3 is 2.70 bits per heavy atom. The van der Waals surface area contributed by atoms with E-state index < -0.39 is 0 Å². The number of anilines is 1. The van der Waals surface area contributed by atoms with Crippen molar-refractivity contribution in [2.75, 3.05) is 11.2 Å². The molecule has 0 fully saturated rings. The standard InChI is InChI=1S/C21H20FN7S/c1-2-12-30-21-24-19(27-23-13-16-10-6-7-11-17(16)22)18-20(25-21)29(28-26-18)14-15-8-4-3-5-9-15/h3-11,13H,2,12,14H2,1H3,(H,24,25,27)/b23-13+. The topological polar surface area (TPSA) is 80.9 Å². The van der Waals surface area contributed by atoms with Gasteiger partial charge in [0.1, 0.15) is 5.82 Å². The minimum atomic E-state index is -0.344. The van der Waals surface area contributed by atoms with Crippen LogP contribution in [-0.4, -0.2) is 36.9 Å². The number of nitrogens with zero attached hydrogens (tertiary/aromatic N) is 6. The smallest absolute Gasteiger partial charge is 0.191 e. The highest BCUT2D eigenvalue weighted by Crippen LogP contribution is 2.23. The van der Waals surface area contributed by atoms with Crippen LogP contribution in [0.25, 0.3) is 11.2 Å². The Morgan fingerprint density at radius 2 is 1.90 bits per heavy atom. The predicted octanol–water partition coefficient (Wildman–Crippen LogP) is 4.36. The van der Waals surface area contributed by atoms with Crippen LogP contribution < -0.4 is 5.43 Å². The van der Waals surface area contributed by atoms with Crippen LogP contribution in [-0.2, 0) is 6.54 Å². The first-order valence-corrected chi connectivity index (χ1v) is 10.5. The second-order valence-corrected chi connectivity index (χ2v) is 7.56. The normalized spacial score (nSPS) is 11.4. The zero-order chi connectivity index (χ0) is 20.8. The Bertz CT molecular complexity index is 1160. The summed E-state index contributed by atoms with van der Waals surface area (Å²) in [7, 11) is 0. The van der Waals surface area contributed by atoms with Crippen molar-refractivity contribution in [3.63, 3.8) is 0 Å². The van der Waals surface area contributed by atoms with Gasteiger partial charge in [0, 0.05) is 11.3 Å². The van der Waals surface area contributed by atoms with E-state index in [2.05, 4.69) is 37.7 Å². The number of nitrogens with one attached hydrogen (secondary N) is 1. The van der Waals surface area contributed by atoms with Crippen LogP contribution >= 0.6 is 11.8 Å². The van der Waals surface area contributed by atoms with Gasteiger partial charge in [-0.2, -0.15) is 5.10 Å². The molecule has 0 unspecified atom stereocenters. The Balaban J connectivity index is 1.66. The van der Waals surface area contributed by atoms with Gasteiger partial charge < -0.3 is 0 Å². The predicted molar refractivity (Wildman–Crippen MR) is 117 cm³/mol. The third kappa shape index (κ3) is 4.62. The van der Waals surface area contributed by atoms with Crippen LogP contribution in [0.15, 0.2) is 64.9 Å². The maximum absolute atomic E-state index is 13.8. The molecule has 0 aliphatic heterocycles. The molecule has 0 saturated heterocycles. The molecule has 0 spiro atoms. The fourth-order valence-corrected chi connectivity index (χ4v) is 3.47. The van der Waals surface area contributed by atoms with Gasteiger partial charge >= 0.3 is 0 Å². The molecule has 30 heavy (non-hydrogen) atoms. The third-order valence-electron chi connectivity index (χ3n) is 4.23. The van der Waals surface area contributed by atoms with Crippen molar-refractivity contribution in [2.24, 2.45) is 5.10 Å². The summed E-state index contributed by atoms with van der Waals surface area (Å²) >= 11 is 1.56. The van der Waals surface area contributed by atoms with Crippen LogP contribution in [0.2, 0.25) is 0 Å². The number of rotatable bonds is 8. The van der Waals surface area contributed by atoms with Crippen molar-refractivity contribution >= 4 is 35.0 Å². The molecule has 0 amide bonds. The van der Waals surface area contributed by atoms with Gasteiger partial charge in [-0.1, -0.05) is 72.4 Å². The summed E-state index contributed by atoms with van der Waals surface area (Å²) in [5.74, 6) is 0.985. The average Bonchev–Trinajstić information content (AvgIpc) is 3.17. The van der Waals surface area contributed by atoms with Crippen molar-refractivity contribution in [2.45, 2.75) is 25.0 Å². The highest BCUT2D eigenvalue weighted by atomic mass is 32.2.